The van der Waals surface area contributed by atoms with Gasteiger partial charge in [-0.3, -0.25) is 0 Å². The predicted octanol–water partition coefficient (Wildman–Crippen LogP) is 1.59. The monoisotopic (exact) mass is 382 g/mol. The van der Waals surface area contributed by atoms with E-state index >= 15 is 0 Å². The second-order valence-corrected chi connectivity index (χ2v) is 28.4. The second-order valence-electron chi connectivity index (χ2n) is 8.09. The van der Waals surface area contributed by atoms with Crippen LogP contribution in [0.15, 0.2) is 10.5 Å². The Balaban J connectivity index is 4.49. The summed E-state index contributed by atoms with van der Waals surface area (Å²) in [5.74, 6) is 0. The normalized spacial score (nSPS) is 15.2. The molecular formula is C11H34O3Si6. The van der Waals surface area contributed by atoms with Crippen molar-refractivity contribution in [2.75, 3.05) is 0 Å². The van der Waals surface area contributed by atoms with Crippen molar-refractivity contribution in [3.05, 3.63) is 10.5 Å². The van der Waals surface area contributed by atoms with Crippen LogP contribution in [-0.4, -0.2) is 54.2 Å². The molecule has 0 amide bonds. The topological polar surface area (TPSA) is 27.7 Å². The summed E-state index contributed by atoms with van der Waals surface area (Å²) in [5, 5.41) is 0. The summed E-state index contributed by atoms with van der Waals surface area (Å²) in [6.07, 6.45) is 0. The van der Waals surface area contributed by atoms with Crippen molar-refractivity contribution in [2.24, 2.45) is 0 Å². The molecule has 0 N–H and O–H groups in total. The molecule has 0 saturated carbocycles. The van der Waals surface area contributed by atoms with Crippen LogP contribution in [0.5, 0.6) is 0 Å². The highest BCUT2D eigenvalue weighted by molar-refractivity contribution is 6.81. The van der Waals surface area contributed by atoms with E-state index in [0.29, 0.717) is 0 Å². The quantitative estimate of drug-likeness (QED) is 0.567. The van der Waals surface area contributed by atoms with Gasteiger partial charge in [0, 0.05) is 0 Å². The zero-order valence-corrected chi connectivity index (χ0v) is 22.2. The first kappa shape index (κ1) is 20.9. The Labute approximate surface area is 136 Å². The molecule has 0 aliphatic carbocycles. The maximum absolute atomic E-state index is 6.20. The molecule has 0 bridgehead atoms. The fraction of sp³-hybridized carbons (Fsp3) is 0.818. The van der Waals surface area contributed by atoms with Gasteiger partial charge in [-0.15, -0.1) is 0 Å². The average molecular weight is 383 g/mol. The van der Waals surface area contributed by atoms with Crippen molar-refractivity contribution in [1.29, 1.82) is 0 Å². The van der Waals surface area contributed by atoms with Gasteiger partial charge in [-0.2, -0.15) is 0 Å². The molecule has 0 fully saturated rings. The van der Waals surface area contributed by atoms with Gasteiger partial charge in [0.25, 0.3) is 0 Å². The molecule has 3 nitrogen and oxygen atoms in total. The van der Waals surface area contributed by atoms with Crippen LogP contribution in [0.4, 0.5) is 0 Å². The summed E-state index contributed by atoms with van der Waals surface area (Å²) in [5.41, 5.74) is 2.41. The first-order valence-electron chi connectivity index (χ1n) is 7.38. The van der Waals surface area contributed by atoms with Crippen molar-refractivity contribution >= 4 is 54.2 Å². The van der Waals surface area contributed by atoms with Gasteiger partial charge in [-0.1, -0.05) is 10.5 Å². The summed E-state index contributed by atoms with van der Waals surface area (Å²) in [4.78, 5) is 1.56. The zero-order chi connectivity index (χ0) is 16.0. The van der Waals surface area contributed by atoms with Crippen LogP contribution >= 0.6 is 0 Å². The highest BCUT2D eigenvalue weighted by Gasteiger charge is 2.19. The molecule has 20 heavy (non-hydrogen) atoms. The molecule has 9 heteroatoms. The minimum atomic E-state index is -1.39. The van der Waals surface area contributed by atoms with E-state index in [2.05, 4.69) is 64.6 Å². The van der Waals surface area contributed by atoms with Crippen LogP contribution in [-0.2, 0) is 12.3 Å². The zero-order valence-electron chi connectivity index (χ0n) is 14.9. The van der Waals surface area contributed by atoms with E-state index in [-0.39, 0.29) is 0 Å². The third-order valence-electron chi connectivity index (χ3n) is 2.27. The molecule has 0 aromatic heterocycles. The van der Waals surface area contributed by atoms with Gasteiger partial charge < -0.3 is 12.3 Å². The molecule has 0 aliphatic heterocycles. The molecule has 0 aromatic rings. The van der Waals surface area contributed by atoms with E-state index in [1.165, 1.54) is 0 Å². The third-order valence-corrected chi connectivity index (χ3v) is 18.9. The average Bonchev–Trinajstić information content (AvgIpc) is 2.16. The lowest BCUT2D eigenvalue weighted by molar-refractivity contribution is 0.591. The SMILES string of the molecule is C[Si](C)(C)O[SiH2]C=C([SiH2]O[Si](C)(C)C)[SiH2]O[Si](C)(C)C. The number of rotatable bonds is 9. The predicted molar refractivity (Wildman–Crippen MR) is 107 cm³/mol. The molecule has 0 atom stereocenters. The van der Waals surface area contributed by atoms with Gasteiger partial charge >= 0.3 is 0 Å². The number of hydrogen-bond acceptors (Lipinski definition) is 3. The van der Waals surface area contributed by atoms with E-state index in [4.69, 9.17) is 12.3 Å². The van der Waals surface area contributed by atoms with Crippen molar-refractivity contribution < 1.29 is 12.3 Å². The molecule has 0 aromatic carbocycles. The Bertz CT molecular complexity index is 294. The summed E-state index contributed by atoms with van der Waals surface area (Å²) in [6, 6.07) is 0. The number of hydrogen-bond donors (Lipinski definition) is 0. The lowest BCUT2D eigenvalue weighted by atomic mass is 11.2. The fourth-order valence-corrected chi connectivity index (χ4v) is 12.5. The smallest absolute Gasteiger partial charge is 0.171 e. The Morgan fingerprint density at radius 2 is 1.00 bits per heavy atom. The van der Waals surface area contributed by atoms with Crippen LogP contribution in [0.3, 0.4) is 0 Å². The Kier molecular flexibility index (Phi) is 8.92. The van der Waals surface area contributed by atoms with E-state index in [9.17, 15) is 0 Å². The van der Waals surface area contributed by atoms with E-state index < -0.39 is 54.2 Å². The minimum Gasteiger partial charge on any atom is -0.457 e. The van der Waals surface area contributed by atoms with Crippen molar-refractivity contribution in [3.8, 4) is 0 Å². The Morgan fingerprint density at radius 1 is 0.650 bits per heavy atom. The highest BCUT2D eigenvalue weighted by atomic mass is 28.4. The van der Waals surface area contributed by atoms with Crippen molar-refractivity contribution in [3.63, 3.8) is 0 Å². The van der Waals surface area contributed by atoms with Gasteiger partial charge in [0.05, 0.1) is 0 Å². The van der Waals surface area contributed by atoms with Crippen LogP contribution in [0.2, 0.25) is 58.9 Å². The van der Waals surface area contributed by atoms with Crippen LogP contribution < -0.4 is 0 Å². The maximum Gasteiger partial charge on any atom is 0.171 e. The molecule has 0 rings (SSSR count). The van der Waals surface area contributed by atoms with Gasteiger partial charge in [0.15, 0.2) is 54.2 Å². The molecule has 0 radical (unpaired) electrons. The third kappa shape index (κ3) is 15.3. The van der Waals surface area contributed by atoms with Crippen molar-refractivity contribution in [1.82, 2.24) is 0 Å². The fourth-order valence-electron chi connectivity index (χ4n) is 1.19. The molecule has 0 heterocycles. The van der Waals surface area contributed by atoms with Gasteiger partial charge in [0.2, 0.25) is 0 Å². The van der Waals surface area contributed by atoms with Crippen LogP contribution in [0.25, 0.3) is 0 Å². The summed E-state index contributed by atoms with van der Waals surface area (Å²) >= 11 is 0. The van der Waals surface area contributed by atoms with Crippen LogP contribution in [0, 0.1) is 0 Å². The van der Waals surface area contributed by atoms with E-state index in [1.54, 1.807) is 4.82 Å². The Morgan fingerprint density at radius 3 is 1.30 bits per heavy atom. The lowest BCUT2D eigenvalue weighted by Gasteiger charge is -2.23. The minimum absolute atomic E-state index is 0.529. The van der Waals surface area contributed by atoms with Gasteiger partial charge in [0.1, 0.15) is 0 Å². The van der Waals surface area contributed by atoms with Gasteiger partial charge in [-0.05, 0) is 58.9 Å². The highest BCUT2D eigenvalue weighted by Crippen LogP contribution is 2.08. The standard InChI is InChI=1S/C11H34O3Si6/c1-18(2,3)12-15-10-11(16-13-19(4,5)6)17-14-20(7,8)9/h10H,15-17H2,1-9H3. The first-order chi connectivity index (χ1) is 8.79. The Hall–Kier alpha value is 0.921. The summed E-state index contributed by atoms with van der Waals surface area (Å²) in [7, 11) is -5.79. The summed E-state index contributed by atoms with van der Waals surface area (Å²) in [6.45, 7) is 20.4. The molecule has 0 saturated heterocycles. The molecule has 0 aliphatic rings. The lowest BCUT2D eigenvalue weighted by Crippen LogP contribution is -2.33. The van der Waals surface area contributed by atoms with E-state index in [0.717, 1.165) is 0 Å². The molecule has 0 unspecified atom stereocenters. The van der Waals surface area contributed by atoms with E-state index in [1.807, 2.05) is 0 Å². The van der Waals surface area contributed by atoms with Crippen molar-refractivity contribution in [2.45, 2.75) is 58.9 Å². The molecular weight excluding hydrogens is 349 g/mol. The molecule has 120 valence electrons. The first-order valence-corrected chi connectivity index (χ1v) is 21.6. The van der Waals surface area contributed by atoms with Crippen LogP contribution in [0.1, 0.15) is 0 Å². The maximum atomic E-state index is 6.20. The molecule has 0 spiro atoms. The van der Waals surface area contributed by atoms with Gasteiger partial charge in [-0.25, -0.2) is 0 Å². The largest absolute Gasteiger partial charge is 0.457 e. The summed E-state index contributed by atoms with van der Waals surface area (Å²) < 4.78 is 18.5. The second kappa shape index (κ2) is 8.53.